The second-order valence-corrected chi connectivity index (χ2v) is 11.9. The quantitative estimate of drug-likeness (QED) is 0.440. The van der Waals surface area contributed by atoms with Crippen molar-refractivity contribution in [3.63, 3.8) is 0 Å². The summed E-state index contributed by atoms with van der Waals surface area (Å²) >= 11 is 0. The minimum atomic E-state index is -5.18. The van der Waals surface area contributed by atoms with E-state index >= 15 is 0 Å². The van der Waals surface area contributed by atoms with E-state index in [4.69, 9.17) is 5.73 Å². The van der Waals surface area contributed by atoms with Crippen LogP contribution in [-0.4, -0.2) is 83.3 Å². The monoisotopic (exact) mass is 531 g/mol. The maximum absolute atomic E-state index is 13.5. The van der Waals surface area contributed by atoms with E-state index in [2.05, 4.69) is 5.32 Å². The van der Waals surface area contributed by atoms with E-state index < -0.39 is 53.3 Å². The molecule has 0 radical (unpaired) electrons. The normalized spacial score (nSPS) is 26.7. The van der Waals surface area contributed by atoms with Gasteiger partial charge in [0.1, 0.15) is 18.1 Å². The lowest BCUT2D eigenvalue weighted by Gasteiger charge is -2.38. The topological polar surface area (TPSA) is 142 Å². The lowest BCUT2D eigenvalue weighted by Crippen LogP contribution is -2.62. The molecule has 10 nitrogen and oxygen atoms in total. The minimum Gasteiger partial charge on any atom is -0.368 e. The van der Waals surface area contributed by atoms with Crippen LogP contribution in [0.15, 0.2) is 0 Å². The molecule has 0 spiro atoms. The molecule has 2 saturated heterocycles. The molecule has 0 aromatic carbocycles. The van der Waals surface area contributed by atoms with Gasteiger partial charge in [-0.3, -0.25) is 24.0 Å². The second-order valence-electron chi connectivity index (χ2n) is 11.9. The molecule has 4 N–H and O–H groups in total. The van der Waals surface area contributed by atoms with Crippen molar-refractivity contribution in [3.8, 4) is 0 Å². The van der Waals surface area contributed by atoms with Crippen LogP contribution in [0.4, 0.5) is 13.2 Å². The summed E-state index contributed by atoms with van der Waals surface area (Å²) in [5.74, 6) is -5.10. The van der Waals surface area contributed by atoms with E-state index in [-0.39, 0.29) is 36.2 Å². The molecule has 3 aliphatic rings. The van der Waals surface area contributed by atoms with Gasteiger partial charge in [0.05, 0.1) is 0 Å². The summed E-state index contributed by atoms with van der Waals surface area (Å²) in [5, 5.41) is 4.38. The average molecular weight is 532 g/mol. The molecule has 2 aliphatic heterocycles. The highest BCUT2D eigenvalue weighted by molar-refractivity contribution is 5.96. The number of primary amides is 1. The number of halogens is 3. The SMILES string of the molecule is CC(C)(C)[C@H](NC(=O)C(F)(F)F)C(=O)N1C[C@H]2[C@@H]([C@H]1C(=O)NC(CN1CCCCC1=O)C(N)=O)C2(C)C. The van der Waals surface area contributed by atoms with Crippen molar-refractivity contribution in [3.05, 3.63) is 0 Å². The summed E-state index contributed by atoms with van der Waals surface area (Å²) in [6.07, 6.45) is -3.36. The van der Waals surface area contributed by atoms with E-state index in [1.165, 1.54) is 30.6 Å². The number of likely N-dealkylation sites (tertiary alicyclic amines) is 2. The molecule has 5 atom stereocenters. The minimum absolute atomic E-state index is 0.0816. The lowest BCUT2D eigenvalue weighted by atomic mass is 9.85. The predicted molar refractivity (Wildman–Crippen MR) is 125 cm³/mol. The molecule has 208 valence electrons. The fraction of sp³-hybridized carbons (Fsp3) is 0.792. The number of rotatable bonds is 7. The zero-order chi connectivity index (χ0) is 28.1. The molecule has 1 saturated carbocycles. The number of alkyl halides is 3. The van der Waals surface area contributed by atoms with Crippen molar-refractivity contribution >= 4 is 29.5 Å². The molecule has 37 heavy (non-hydrogen) atoms. The average Bonchev–Trinajstić information content (AvgIpc) is 3.09. The van der Waals surface area contributed by atoms with Gasteiger partial charge >= 0.3 is 12.1 Å². The third-order valence-corrected chi connectivity index (χ3v) is 7.89. The van der Waals surface area contributed by atoms with Crippen LogP contribution in [0.2, 0.25) is 0 Å². The summed E-state index contributed by atoms with van der Waals surface area (Å²) in [7, 11) is 0. The third kappa shape index (κ3) is 5.85. The number of amides is 5. The first-order chi connectivity index (χ1) is 16.9. The smallest absolute Gasteiger partial charge is 0.368 e. The summed E-state index contributed by atoms with van der Waals surface area (Å²) in [6, 6.07) is -3.81. The molecular formula is C24H36F3N5O5. The molecule has 3 rings (SSSR count). The first-order valence-electron chi connectivity index (χ1n) is 12.4. The van der Waals surface area contributed by atoms with Gasteiger partial charge in [-0.2, -0.15) is 13.2 Å². The van der Waals surface area contributed by atoms with E-state index in [9.17, 15) is 37.1 Å². The number of carbonyl (C=O) groups is 5. The number of hydrogen-bond acceptors (Lipinski definition) is 5. The molecule has 5 amide bonds. The molecule has 3 fully saturated rings. The number of carbonyl (C=O) groups excluding carboxylic acids is 5. The van der Waals surface area contributed by atoms with Crippen molar-refractivity contribution in [2.24, 2.45) is 28.4 Å². The van der Waals surface area contributed by atoms with Gasteiger partial charge in [-0.15, -0.1) is 0 Å². The van der Waals surface area contributed by atoms with Crippen LogP contribution < -0.4 is 16.4 Å². The Hall–Kier alpha value is -2.86. The lowest BCUT2D eigenvalue weighted by molar-refractivity contribution is -0.176. The molecule has 0 aromatic heterocycles. The Morgan fingerprint density at radius 3 is 2.24 bits per heavy atom. The number of hydrogen-bond donors (Lipinski definition) is 3. The van der Waals surface area contributed by atoms with Gasteiger partial charge in [-0.25, -0.2) is 0 Å². The van der Waals surface area contributed by atoms with Crippen molar-refractivity contribution in [1.82, 2.24) is 20.4 Å². The maximum atomic E-state index is 13.5. The molecule has 2 heterocycles. The Morgan fingerprint density at radius 1 is 1.11 bits per heavy atom. The van der Waals surface area contributed by atoms with Gasteiger partial charge < -0.3 is 26.2 Å². The molecule has 0 aromatic rings. The summed E-state index contributed by atoms with van der Waals surface area (Å²) in [5.41, 5.74) is 4.11. The number of piperidine rings is 2. The number of nitrogens with one attached hydrogen (secondary N) is 2. The molecule has 1 unspecified atom stereocenters. The van der Waals surface area contributed by atoms with Crippen LogP contribution in [-0.2, 0) is 24.0 Å². The van der Waals surface area contributed by atoms with E-state index in [0.717, 1.165) is 12.8 Å². The number of fused-ring (bicyclic) bond motifs is 1. The fourth-order valence-corrected chi connectivity index (χ4v) is 5.58. The maximum Gasteiger partial charge on any atom is 0.471 e. The first kappa shape index (κ1) is 28.7. The van der Waals surface area contributed by atoms with Gasteiger partial charge in [0.25, 0.3) is 0 Å². The largest absolute Gasteiger partial charge is 0.471 e. The van der Waals surface area contributed by atoms with Gasteiger partial charge in [-0.05, 0) is 35.5 Å². The zero-order valence-electron chi connectivity index (χ0n) is 21.8. The van der Waals surface area contributed by atoms with E-state index in [1.54, 1.807) is 5.32 Å². The number of nitrogens with zero attached hydrogens (tertiary/aromatic N) is 2. The highest BCUT2D eigenvalue weighted by Crippen LogP contribution is 2.65. The standard InChI is InChI=1S/C24H36F3N5O5/c1-22(2,3)17(30-21(37)24(25,26)27)20(36)32-10-12-15(23(12,4)5)16(32)19(35)29-13(18(28)34)11-31-9-7-6-8-14(31)33/h12-13,15-17H,6-11H2,1-5H3,(H2,28,34)(H,29,35)(H,30,37)/t12-,13?,15-,16-,17+/m0/s1. The van der Waals surface area contributed by atoms with E-state index in [0.29, 0.717) is 13.0 Å². The Morgan fingerprint density at radius 2 is 1.73 bits per heavy atom. The third-order valence-electron chi connectivity index (χ3n) is 7.89. The van der Waals surface area contributed by atoms with Gasteiger partial charge in [0.2, 0.25) is 23.6 Å². The highest BCUT2D eigenvalue weighted by Gasteiger charge is 2.70. The Labute approximate surface area is 213 Å². The Balaban J connectivity index is 1.83. The summed E-state index contributed by atoms with van der Waals surface area (Å²) < 4.78 is 38.9. The molecule has 1 aliphatic carbocycles. The second kappa shape index (κ2) is 9.79. The van der Waals surface area contributed by atoms with Crippen LogP contribution in [0.1, 0.15) is 53.9 Å². The number of nitrogens with two attached hydrogens (primary N) is 1. The Kier molecular flexibility index (Phi) is 7.59. The predicted octanol–water partition coefficient (Wildman–Crippen LogP) is 0.545. The van der Waals surface area contributed by atoms with Crippen molar-refractivity contribution < 1.29 is 37.1 Å². The van der Waals surface area contributed by atoms with Crippen LogP contribution in [0.25, 0.3) is 0 Å². The van der Waals surface area contributed by atoms with Gasteiger partial charge in [0.15, 0.2) is 0 Å². The van der Waals surface area contributed by atoms with Gasteiger partial charge in [0, 0.05) is 26.1 Å². The van der Waals surface area contributed by atoms with Crippen LogP contribution in [0.5, 0.6) is 0 Å². The zero-order valence-corrected chi connectivity index (χ0v) is 21.8. The summed E-state index contributed by atoms with van der Waals surface area (Å²) in [4.78, 5) is 65.8. The van der Waals surface area contributed by atoms with Crippen molar-refractivity contribution in [2.75, 3.05) is 19.6 Å². The highest BCUT2D eigenvalue weighted by atomic mass is 19.4. The molecule has 0 bridgehead atoms. The molecular weight excluding hydrogens is 495 g/mol. The molecule has 13 heteroatoms. The van der Waals surface area contributed by atoms with Crippen LogP contribution in [0, 0.1) is 22.7 Å². The van der Waals surface area contributed by atoms with Crippen molar-refractivity contribution in [1.29, 1.82) is 0 Å². The van der Waals surface area contributed by atoms with Gasteiger partial charge in [-0.1, -0.05) is 34.6 Å². The van der Waals surface area contributed by atoms with E-state index in [1.807, 2.05) is 13.8 Å². The fourth-order valence-electron chi connectivity index (χ4n) is 5.58. The van der Waals surface area contributed by atoms with Crippen LogP contribution in [0.3, 0.4) is 0 Å². The van der Waals surface area contributed by atoms with Crippen LogP contribution >= 0.6 is 0 Å². The summed E-state index contributed by atoms with van der Waals surface area (Å²) in [6.45, 7) is 8.84. The Bertz CT molecular complexity index is 977. The first-order valence-corrected chi connectivity index (χ1v) is 12.4. The van der Waals surface area contributed by atoms with Crippen molar-refractivity contribution in [2.45, 2.75) is 78.2 Å².